The van der Waals surface area contributed by atoms with Gasteiger partial charge in [0.1, 0.15) is 6.61 Å². The molecule has 0 aromatic rings. The van der Waals surface area contributed by atoms with Crippen molar-refractivity contribution >= 4 is 6.09 Å². The van der Waals surface area contributed by atoms with E-state index >= 15 is 0 Å². The van der Waals surface area contributed by atoms with Gasteiger partial charge in [-0.2, -0.15) is 0 Å². The number of cyclic esters (lactones) is 1. The van der Waals surface area contributed by atoms with Gasteiger partial charge in [-0.05, 0) is 18.8 Å². The van der Waals surface area contributed by atoms with E-state index in [0.29, 0.717) is 12.5 Å². The Morgan fingerprint density at radius 2 is 2.38 bits per heavy atom. The molecule has 1 heterocycles. The first-order valence-corrected chi connectivity index (χ1v) is 5.93. The number of hydrogen-bond donors (Lipinski definition) is 1. The van der Waals surface area contributed by atoms with Crippen LogP contribution in [0.4, 0.5) is 4.79 Å². The van der Waals surface area contributed by atoms with E-state index in [1.807, 2.05) is 6.08 Å². The van der Waals surface area contributed by atoms with Crippen LogP contribution in [-0.2, 0) is 4.74 Å². The largest absolute Gasteiger partial charge is 0.446 e. The van der Waals surface area contributed by atoms with E-state index in [0.717, 1.165) is 12.8 Å². The summed E-state index contributed by atoms with van der Waals surface area (Å²) in [4.78, 5) is 11.6. The zero-order valence-electron chi connectivity index (χ0n) is 10.4. The number of hydrogen-bond acceptors (Lipinski definition) is 3. The zero-order chi connectivity index (χ0) is 12.1. The number of carbonyl (C=O) groups is 1. The lowest BCUT2D eigenvalue weighted by molar-refractivity contribution is 0.122. The van der Waals surface area contributed by atoms with Gasteiger partial charge in [0, 0.05) is 6.04 Å². The Hall–Kier alpha value is -1.03. The third kappa shape index (κ3) is 2.98. The van der Waals surface area contributed by atoms with Gasteiger partial charge in [0.15, 0.2) is 0 Å². The second-order valence-corrected chi connectivity index (χ2v) is 4.52. The first kappa shape index (κ1) is 13.0. The van der Waals surface area contributed by atoms with Crippen molar-refractivity contribution in [2.45, 2.75) is 45.7 Å². The van der Waals surface area contributed by atoms with Gasteiger partial charge >= 0.3 is 6.09 Å². The average molecular weight is 226 g/mol. The van der Waals surface area contributed by atoms with Crippen LogP contribution in [0.15, 0.2) is 12.7 Å². The van der Waals surface area contributed by atoms with Crippen LogP contribution in [0.1, 0.15) is 33.6 Å². The van der Waals surface area contributed by atoms with Crippen molar-refractivity contribution in [3.05, 3.63) is 12.7 Å². The van der Waals surface area contributed by atoms with Crippen LogP contribution in [0.5, 0.6) is 0 Å². The molecule has 0 aromatic heterocycles. The van der Waals surface area contributed by atoms with Gasteiger partial charge in [0.25, 0.3) is 0 Å². The summed E-state index contributed by atoms with van der Waals surface area (Å²) in [5.41, 5.74) is 3.24. The molecule has 0 spiro atoms. The highest BCUT2D eigenvalue weighted by Crippen LogP contribution is 2.18. The molecule has 16 heavy (non-hydrogen) atoms. The normalized spacial score (nSPS) is 22.4. The first-order valence-electron chi connectivity index (χ1n) is 5.93. The van der Waals surface area contributed by atoms with Crippen molar-refractivity contribution in [3.8, 4) is 0 Å². The lowest BCUT2D eigenvalue weighted by atomic mass is 10.1. The van der Waals surface area contributed by atoms with Crippen LogP contribution < -0.4 is 5.43 Å². The molecule has 0 saturated carbocycles. The van der Waals surface area contributed by atoms with Gasteiger partial charge in [-0.15, -0.1) is 6.58 Å². The number of ether oxygens (including phenoxy) is 1. The van der Waals surface area contributed by atoms with Crippen LogP contribution in [-0.4, -0.2) is 29.8 Å². The Morgan fingerprint density at radius 3 is 2.88 bits per heavy atom. The van der Waals surface area contributed by atoms with Crippen LogP contribution in [0.25, 0.3) is 0 Å². The Kier molecular flexibility index (Phi) is 4.80. The van der Waals surface area contributed by atoms with Crippen molar-refractivity contribution in [2.75, 3.05) is 6.61 Å². The number of nitrogens with zero attached hydrogens (tertiary/aromatic N) is 1. The monoisotopic (exact) mass is 226 g/mol. The summed E-state index contributed by atoms with van der Waals surface area (Å²) >= 11 is 0. The average Bonchev–Trinajstić information content (AvgIpc) is 2.60. The predicted molar refractivity (Wildman–Crippen MR) is 63.8 cm³/mol. The van der Waals surface area contributed by atoms with E-state index in [1.54, 1.807) is 5.01 Å². The summed E-state index contributed by atoms with van der Waals surface area (Å²) < 4.78 is 5.06. The highest BCUT2D eigenvalue weighted by atomic mass is 16.6. The predicted octanol–water partition coefficient (Wildman–Crippen LogP) is 2.32. The number of carbonyl (C=O) groups excluding carboxylic acids is 1. The molecule has 1 amide bonds. The number of amides is 1. The van der Waals surface area contributed by atoms with Gasteiger partial charge in [-0.3, -0.25) is 0 Å². The van der Waals surface area contributed by atoms with Crippen LogP contribution >= 0.6 is 0 Å². The number of nitrogens with one attached hydrogen (secondary N) is 1. The first-order chi connectivity index (χ1) is 7.60. The van der Waals surface area contributed by atoms with Crippen molar-refractivity contribution < 1.29 is 9.53 Å². The third-order valence-corrected chi connectivity index (χ3v) is 2.94. The van der Waals surface area contributed by atoms with Gasteiger partial charge in [-0.1, -0.05) is 26.8 Å². The number of hydrazine groups is 1. The minimum Gasteiger partial charge on any atom is -0.446 e. The second-order valence-electron chi connectivity index (χ2n) is 4.52. The maximum Gasteiger partial charge on any atom is 0.424 e. The number of rotatable bonds is 6. The summed E-state index contributed by atoms with van der Waals surface area (Å²) in [7, 11) is 0. The van der Waals surface area contributed by atoms with Gasteiger partial charge < -0.3 is 4.74 Å². The fourth-order valence-corrected chi connectivity index (χ4v) is 1.78. The smallest absolute Gasteiger partial charge is 0.424 e. The van der Waals surface area contributed by atoms with Crippen molar-refractivity contribution in [1.29, 1.82) is 0 Å². The highest BCUT2D eigenvalue weighted by molar-refractivity contribution is 5.69. The van der Waals surface area contributed by atoms with Crippen molar-refractivity contribution in [1.82, 2.24) is 10.4 Å². The highest BCUT2D eigenvalue weighted by Gasteiger charge is 2.35. The molecule has 0 radical (unpaired) electrons. The topological polar surface area (TPSA) is 41.6 Å². The van der Waals surface area contributed by atoms with Gasteiger partial charge in [0.2, 0.25) is 0 Å². The molecule has 1 aliphatic rings. The molecule has 0 aromatic carbocycles. The summed E-state index contributed by atoms with van der Waals surface area (Å²) in [6.07, 6.45) is 3.42. The molecular weight excluding hydrogens is 204 g/mol. The summed E-state index contributed by atoms with van der Waals surface area (Å²) in [5, 5.41) is 1.64. The zero-order valence-corrected chi connectivity index (χ0v) is 10.4. The molecule has 92 valence electrons. The van der Waals surface area contributed by atoms with Crippen LogP contribution in [0.3, 0.4) is 0 Å². The molecule has 1 N–H and O–H groups in total. The summed E-state index contributed by atoms with van der Waals surface area (Å²) in [5.74, 6) is 0.389. The lowest BCUT2D eigenvalue weighted by Gasteiger charge is -2.28. The van der Waals surface area contributed by atoms with Crippen molar-refractivity contribution in [2.24, 2.45) is 5.92 Å². The Labute approximate surface area is 97.6 Å². The molecule has 4 nitrogen and oxygen atoms in total. The van der Waals surface area contributed by atoms with E-state index < -0.39 is 0 Å². The van der Waals surface area contributed by atoms with E-state index in [1.165, 1.54) is 0 Å². The molecule has 0 bridgehead atoms. The summed E-state index contributed by atoms with van der Waals surface area (Å²) in [6, 6.07) is 0.385. The summed E-state index contributed by atoms with van der Waals surface area (Å²) in [6.45, 7) is 10.5. The second kappa shape index (κ2) is 5.89. The minimum atomic E-state index is -0.263. The standard InChI is InChI=1S/C12H22N2O2/c1-5-7-10(6-2)13-14-11(9(3)4)8-16-12(14)15/h5,9-11,13H,1,6-8H2,2-4H3/t10-,11-/m1/s1. The van der Waals surface area contributed by atoms with E-state index in [4.69, 9.17) is 4.74 Å². The molecule has 4 heteroatoms. The Balaban J connectivity index is 2.61. The molecule has 0 aliphatic carbocycles. The maximum absolute atomic E-state index is 11.6. The Bertz CT molecular complexity index is 253. The van der Waals surface area contributed by atoms with E-state index in [2.05, 4.69) is 32.8 Å². The van der Waals surface area contributed by atoms with Gasteiger partial charge in [-0.25, -0.2) is 15.2 Å². The molecule has 1 saturated heterocycles. The SMILES string of the molecule is C=CC[C@@H](CC)NN1C(=O)OC[C@@H]1C(C)C. The molecule has 1 fully saturated rings. The molecule has 0 unspecified atom stereocenters. The maximum atomic E-state index is 11.6. The molecule has 1 rings (SSSR count). The third-order valence-electron chi connectivity index (χ3n) is 2.94. The minimum absolute atomic E-state index is 0.131. The lowest BCUT2D eigenvalue weighted by Crippen LogP contribution is -2.51. The molecule has 2 atom stereocenters. The van der Waals surface area contributed by atoms with Crippen molar-refractivity contribution in [3.63, 3.8) is 0 Å². The van der Waals surface area contributed by atoms with E-state index in [9.17, 15) is 4.79 Å². The fourth-order valence-electron chi connectivity index (χ4n) is 1.78. The Morgan fingerprint density at radius 1 is 1.69 bits per heavy atom. The van der Waals surface area contributed by atoms with E-state index in [-0.39, 0.29) is 18.2 Å². The molecule has 1 aliphatic heterocycles. The van der Waals surface area contributed by atoms with Crippen LogP contribution in [0.2, 0.25) is 0 Å². The quantitative estimate of drug-likeness (QED) is 0.707. The fraction of sp³-hybridized carbons (Fsp3) is 0.750. The molecular formula is C12H22N2O2. The van der Waals surface area contributed by atoms with Gasteiger partial charge in [0.05, 0.1) is 6.04 Å². The van der Waals surface area contributed by atoms with Crippen LogP contribution in [0, 0.1) is 5.92 Å².